The molecule has 0 radical (unpaired) electrons. The predicted octanol–water partition coefficient (Wildman–Crippen LogP) is 4.10. The highest BCUT2D eigenvalue weighted by molar-refractivity contribution is 6.21. The van der Waals surface area contributed by atoms with Crippen molar-refractivity contribution in [3.63, 3.8) is 0 Å². The van der Waals surface area contributed by atoms with Gasteiger partial charge in [0.1, 0.15) is 5.75 Å². The van der Waals surface area contributed by atoms with Crippen LogP contribution in [0.5, 0.6) is 5.75 Å². The van der Waals surface area contributed by atoms with Crippen LogP contribution in [0.1, 0.15) is 29.3 Å². The zero-order valence-corrected chi connectivity index (χ0v) is 12.4. The minimum absolute atomic E-state index is 0.0665. The van der Waals surface area contributed by atoms with E-state index in [-0.39, 0.29) is 23.8 Å². The summed E-state index contributed by atoms with van der Waals surface area (Å²) in [5.74, 6) is 0.725. The van der Waals surface area contributed by atoms with E-state index in [4.69, 9.17) is 16.3 Å². The number of ether oxygens (including phenoxy) is 1. The molecule has 4 heteroatoms. The number of anilines is 1. The summed E-state index contributed by atoms with van der Waals surface area (Å²) in [4.78, 5) is 11.4. The second-order valence-electron chi connectivity index (χ2n) is 5.19. The molecule has 0 saturated heterocycles. The second-order valence-corrected chi connectivity index (χ2v) is 5.66. The van der Waals surface area contributed by atoms with Crippen LogP contribution in [-0.4, -0.2) is 12.5 Å². The van der Waals surface area contributed by atoms with Gasteiger partial charge >= 0.3 is 0 Å². The fraction of sp³-hybridized carbons (Fsp3) is 0.235. The summed E-state index contributed by atoms with van der Waals surface area (Å²) < 4.78 is 5.36. The number of hydrogen-bond acceptors (Lipinski definition) is 2. The lowest BCUT2D eigenvalue weighted by Crippen LogP contribution is -2.25. The third kappa shape index (κ3) is 2.88. The third-order valence-corrected chi connectivity index (χ3v) is 4.35. The van der Waals surface area contributed by atoms with E-state index in [1.54, 1.807) is 0 Å². The Bertz CT molecular complexity index is 657. The maximum absolute atomic E-state index is 11.4. The normalized spacial score (nSPS) is 16.4. The van der Waals surface area contributed by atoms with Gasteiger partial charge in [-0.25, -0.2) is 0 Å². The van der Waals surface area contributed by atoms with Crippen molar-refractivity contribution in [2.45, 2.75) is 18.2 Å². The van der Waals surface area contributed by atoms with Crippen molar-refractivity contribution in [1.82, 2.24) is 0 Å². The molecule has 1 N–H and O–H groups in total. The molecule has 2 atom stereocenters. The standard InChI is InChI=1S/C17H16ClNO2/c1-11(12-5-3-2-4-6-12)17(18)13-7-8-15-14(9-13)19-16(20)10-21-15/h2-9,11,17H,10H2,1H3,(H,19,20). The van der Waals surface area contributed by atoms with Gasteiger partial charge in [0.15, 0.2) is 6.61 Å². The molecule has 2 unspecified atom stereocenters. The number of rotatable bonds is 3. The lowest BCUT2D eigenvalue weighted by Gasteiger charge is -2.22. The number of carbonyl (C=O) groups excluding carboxylic acids is 1. The average Bonchev–Trinajstić information content (AvgIpc) is 2.53. The molecule has 1 amide bonds. The highest BCUT2D eigenvalue weighted by Gasteiger charge is 2.22. The Balaban J connectivity index is 1.86. The fourth-order valence-corrected chi connectivity index (χ4v) is 2.77. The molecule has 2 aromatic rings. The van der Waals surface area contributed by atoms with Crippen LogP contribution < -0.4 is 10.1 Å². The van der Waals surface area contributed by atoms with Gasteiger partial charge in [0.05, 0.1) is 11.1 Å². The van der Waals surface area contributed by atoms with E-state index in [1.165, 1.54) is 5.56 Å². The van der Waals surface area contributed by atoms with Gasteiger partial charge in [-0.3, -0.25) is 4.79 Å². The Labute approximate surface area is 128 Å². The second kappa shape index (κ2) is 5.78. The Morgan fingerprint density at radius 1 is 1.14 bits per heavy atom. The maximum atomic E-state index is 11.4. The Morgan fingerprint density at radius 2 is 1.90 bits per heavy atom. The van der Waals surface area contributed by atoms with E-state index in [9.17, 15) is 4.79 Å². The molecule has 3 nitrogen and oxygen atoms in total. The molecule has 0 aliphatic carbocycles. The first kappa shape index (κ1) is 14.0. The number of benzene rings is 2. The zero-order valence-electron chi connectivity index (χ0n) is 11.7. The number of amides is 1. The van der Waals surface area contributed by atoms with E-state index >= 15 is 0 Å². The van der Waals surface area contributed by atoms with Gasteiger partial charge < -0.3 is 10.1 Å². The van der Waals surface area contributed by atoms with Crippen molar-refractivity contribution in [2.24, 2.45) is 0 Å². The highest BCUT2D eigenvalue weighted by Crippen LogP contribution is 2.39. The van der Waals surface area contributed by atoms with Crippen molar-refractivity contribution in [3.8, 4) is 5.75 Å². The van der Waals surface area contributed by atoms with Gasteiger partial charge in [-0.1, -0.05) is 43.3 Å². The van der Waals surface area contributed by atoms with Gasteiger partial charge in [-0.2, -0.15) is 0 Å². The van der Waals surface area contributed by atoms with Crippen molar-refractivity contribution in [1.29, 1.82) is 0 Å². The molecule has 1 heterocycles. The first-order chi connectivity index (χ1) is 10.1. The smallest absolute Gasteiger partial charge is 0.262 e. The summed E-state index contributed by atoms with van der Waals surface area (Å²) in [7, 11) is 0. The summed E-state index contributed by atoms with van der Waals surface area (Å²) >= 11 is 6.62. The fourth-order valence-electron chi connectivity index (χ4n) is 2.49. The van der Waals surface area contributed by atoms with Gasteiger partial charge in [0.2, 0.25) is 0 Å². The quantitative estimate of drug-likeness (QED) is 0.867. The molecule has 0 aromatic heterocycles. The van der Waals surface area contributed by atoms with E-state index in [0.717, 1.165) is 5.56 Å². The highest BCUT2D eigenvalue weighted by atomic mass is 35.5. The van der Waals surface area contributed by atoms with Crippen molar-refractivity contribution in [2.75, 3.05) is 11.9 Å². The molecule has 3 rings (SSSR count). The van der Waals surface area contributed by atoms with E-state index in [1.807, 2.05) is 36.4 Å². The molecule has 1 aliphatic rings. The molecular weight excluding hydrogens is 286 g/mol. The lowest BCUT2D eigenvalue weighted by molar-refractivity contribution is -0.118. The minimum atomic E-state index is -0.170. The molecule has 1 aliphatic heterocycles. The van der Waals surface area contributed by atoms with Crippen LogP contribution in [0.4, 0.5) is 5.69 Å². The Kier molecular flexibility index (Phi) is 3.84. The summed E-state index contributed by atoms with van der Waals surface area (Å²) in [6.07, 6.45) is 0. The summed E-state index contributed by atoms with van der Waals surface area (Å²) in [5, 5.41) is 2.64. The largest absolute Gasteiger partial charge is 0.482 e. The van der Waals surface area contributed by atoms with E-state index in [0.29, 0.717) is 11.4 Å². The van der Waals surface area contributed by atoms with Crippen molar-refractivity contribution >= 4 is 23.2 Å². The van der Waals surface area contributed by atoms with Gasteiger partial charge in [0, 0.05) is 5.92 Å². The van der Waals surface area contributed by atoms with Crippen LogP contribution >= 0.6 is 11.6 Å². The average molecular weight is 302 g/mol. The molecule has 0 fully saturated rings. The third-order valence-electron chi connectivity index (χ3n) is 3.72. The van der Waals surface area contributed by atoms with Crippen LogP contribution in [-0.2, 0) is 4.79 Å². The topological polar surface area (TPSA) is 38.3 Å². The van der Waals surface area contributed by atoms with E-state index < -0.39 is 0 Å². The van der Waals surface area contributed by atoms with Crippen molar-refractivity contribution < 1.29 is 9.53 Å². The van der Waals surface area contributed by atoms with Crippen molar-refractivity contribution in [3.05, 3.63) is 59.7 Å². The van der Waals surface area contributed by atoms with Gasteiger partial charge in [-0.15, -0.1) is 11.6 Å². The SMILES string of the molecule is CC(c1ccccc1)C(Cl)c1ccc2c(c1)NC(=O)CO2. The monoisotopic (exact) mass is 301 g/mol. The molecular formula is C17H16ClNO2. The Hall–Kier alpha value is -2.00. The van der Waals surface area contributed by atoms with E-state index in [2.05, 4.69) is 24.4 Å². The Morgan fingerprint density at radius 3 is 2.67 bits per heavy atom. The predicted molar refractivity (Wildman–Crippen MR) is 84.0 cm³/mol. The number of halogens is 1. The van der Waals surface area contributed by atoms with Crippen LogP contribution in [0.2, 0.25) is 0 Å². The molecule has 0 spiro atoms. The maximum Gasteiger partial charge on any atom is 0.262 e. The van der Waals surface area contributed by atoms with Gasteiger partial charge in [0.25, 0.3) is 5.91 Å². The van der Waals surface area contributed by atoms with Crippen LogP contribution in [0, 0.1) is 0 Å². The van der Waals surface area contributed by atoms with Gasteiger partial charge in [-0.05, 0) is 23.3 Å². The zero-order chi connectivity index (χ0) is 14.8. The number of nitrogens with one attached hydrogen (secondary N) is 1. The minimum Gasteiger partial charge on any atom is -0.482 e. The molecule has 21 heavy (non-hydrogen) atoms. The lowest BCUT2D eigenvalue weighted by atomic mass is 9.93. The van der Waals surface area contributed by atoms with Crippen LogP contribution in [0.3, 0.4) is 0 Å². The number of alkyl halides is 1. The summed E-state index contributed by atoms with van der Waals surface area (Å²) in [6, 6.07) is 15.9. The first-order valence-corrected chi connectivity index (χ1v) is 7.34. The van der Waals surface area contributed by atoms with Crippen LogP contribution in [0.15, 0.2) is 48.5 Å². The number of fused-ring (bicyclic) bond motifs is 1. The molecule has 108 valence electrons. The molecule has 0 saturated carbocycles. The summed E-state index contributed by atoms with van der Waals surface area (Å²) in [5.41, 5.74) is 2.85. The number of hydrogen-bond donors (Lipinski definition) is 1. The molecule has 0 bridgehead atoms. The first-order valence-electron chi connectivity index (χ1n) is 6.91. The number of carbonyl (C=O) groups is 1. The summed E-state index contributed by atoms with van der Waals surface area (Å²) in [6.45, 7) is 2.17. The van der Waals surface area contributed by atoms with Crippen LogP contribution in [0.25, 0.3) is 0 Å². The molecule has 2 aromatic carbocycles.